The zero-order chi connectivity index (χ0) is 16.9. The Morgan fingerprint density at radius 3 is 2.71 bits per heavy atom. The second kappa shape index (κ2) is 6.87. The summed E-state index contributed by atoms with van der Waals surface area (Å²) >= 11 is 0. The maximum atomic E-state index is 12.5. The van der Waals surface area contributed by atoms with E-state index in [1.165, 1.54) is 13.5 Å². The lowest BCUT2D eigenvalue weighted by Crippen LogP contribution is -2.13. The minimum Gasteiger partial charge on any atom is -0.497 e. The molecular formula is C18H16N2O4. The van der Waals surface area contributed by atoms with Crippen molar-refractivity contribution < 1.29 is 18.7 Å². The fourth-order valence-corrected chi connectivity index (χ4v) is 2.29. The normalized spacial score (nSPS) is 10.2. The third-order valence-corrected chi connectivity index (χ3v) is 3.49. The van der Waals surface area contributed by atoms with Crippen molar-refractivity contribution in [1.82, 2.24) is 4.98 Å². The van der Waals surface area contributed by atoms with E-state index in [-0.39, 0.29) is 5.91 Å². The predicted molar refractivity (Wildman–Crippen MR) is 89.4 cm³/mol. The first-order valence-electron chi connectivity index (χ1n) is 7.23. The highest BCUT2D eigenvalue weighted by atomic mass is 16.5. The van der Waals surface area contributed by atoms with Crippen LogP contribution in [-0.2, 0) is 0 Å². The molecule has 0 bridgehead atoms. The molecule has 3 rings (SSSR count). The molecule has 1 amide bonds. The number of nitrogens with one attached hydrogen (secondary N) is 1. The number of benzene rings is 2. The Hall–Kier alpha value is -3.28. The number of carbonyl (C=O) groups excluding carboxylic acids is 1. The first kappa shape index (κ1) is 15.6. The van der Waals surface area contributed by atoms with E-state index in [2.05, 4.69) is 10.3 Å². The number of carbonyl (C=O) groups is 1. The Labute approximate surface area is 139 Å². The topological polar surface area (TPSA) is 73.6 Å². The second-order valence-electron chi connectivity index (χ2n) is 4.97. The number of hydrogen-bond donors (Lipinski definition) is 1. The van der Waals surface area contributed by atoms with Crippen molar-refractivity contribution in [2.45, 2.75) is 0 Å². The zero-order valence-electron chi connectivity index (χ0n) is 13.3. The first-order valence-corrected chi connectivity index (χ1v) is 7.23. The van der Waals surface area contributed by atoms with Crippen molar-refractivity contribution in [1.29, 1.82) is 0 Å². The molecule has 24 heavy (non-hydrogen) atoms. The highest BCUT2D eigenvalue weighted by Crippen LogP contribution is 2.26. The van der Waals surface area contributed by atoms with Crippen molar-refractivity contribution in [2.24, 2.45) is 0 Å². The van der Waals surface area contributed by atoms with Gasteiger partial charge in [0.05, 0.1) is 26.0 Å². The van der Waals surface area contributed by atoms with E-state index < -0.39 is 0 Å². The maximum Gasteiger partial charge on any atom is 0.259 e. The summed E-state index contributed by atoms with van der Waals surface area (Å²) < 4.78 is 15.7. The quantitative estimate of drug-likeness (QED) is 0.776. The summed E-state index contributed by atoms with van der Waals surface area (Å²) in [5.41, 5.74) is 1.89. The molecule has 0 aliphatic rings. The fraction of sp³-hybridized carbons (Fsp3) is 0.111. The summed E-state index contributed by atoms with van der Waals surface area (Å²) in [4.78, 5) is 16.4. The molecule has 0 aliphatic carbocycles. The van der Waals surface area contributed by atoms with E-state index in [0.29, 0.717) is 28.5 Å². The van der Waals surface area contributed by atoms with Crippen LogP contribution in [0, 0.1) is 0 Å². The summed E-state index contributed by atoms with van der Waals surface area (Å²) in [7, 11) is 3.07. The highest BCUT2D eigenvalue weighted by molar-refractivity contribution is 6.06. The number of nitrogens with zero attached hydrogens (tertiary/aromatic N) is 1. The van der Waals surface area contributed by atoms with E-state index in [9.17, 15) is 4.79 Å². The Morgan fingerprint density at radius 1 is 1.12 bits per heavy atom. The first-order chi connectivity index (χ1) is 11.7. The van der Waals surface area contributed by atoms with Gasteiger partial charge in [-0.25, -0.2) is 4.98 Å². The van der Waals surface area contributed by atoms with Crippen LogP contribution in [0.25, 0.3) is 11.3 Å². The lowest BCUT2D eigenvalue weighted by Gasteiger charge is -2.11. The van der Waals surface area contributed by atoms with Crippen molar-refractivity contribution in [3.05, 3.63) is 60.6 Å². The molecule has 0 aliphatic heterocycles. The summed E-state index contributed by atoms with van der Waals surface area (Å²) in [6.45, 7) is 0. The standard InChI is InChI=1S/C18H16N2O4/c1-22-14-6-7-15(16(9-14)23-2)18(21)20-13-5-3-4-12(8-13)17-10-19-11-24-17/h3-11H,1-2H3,(H,20,21). The molecule has 6 heteroatoms. The largest absolute Gasteiger partial charge is 0.497 e. The molecule has 1 N–H and O–H groups in total. The molecule has 0 spiro atoms. The minimum atomic E-state index is -0.274. The van der Waals surface area contributed by atoms with Gasteiger partial charge in [0, 0.05) is 17.3 Å². The zero-order valence-corrected chi connectivity index (χ0v) is 13.3. The maximum absolute atomic E-state index is 12.5. The molecule has 2 aromatic carbocycles. The molecule has 0 radical (unpaired) electrons. The smallest absolute Gasteiger partial charge is 0.259 e. The van der Waals surface area contributed by atoms with Crippen LogP contribution in [0.3, 0.4) is 0 Å². The van der Waals surface area contributed by atoms with E-state index in [4.69, 9.17) is 13.9 Å². The van der Waals surface area contributed by atoms with Crippen LogP contribution in [0.2, 0.25) is 0 Å². The van der Waals surface area contributed by atoms with Gasteiger partial charge in [-0.3, -0.25) is 4.79 Å². The third kappa shape index (κ3) is 3.22. The van der Waals surface area contributed by atoms with Crippen molar-refractivity contribution >= 4 is 11.6 Å². The minimum absolute atomic E-state index is 0.274. The molecule has 0 atom stereocenters. The van der Waals surface area contributed by atoms with Gasteiger partial charge in [0.2, 0.25) is 0 Å². The van der Waals surface area contributed by atoms with Crippen molar-refractivity contribution in [2.75, 3.05) is 19.5 Å². The summed E-state index contributed by atoms with van der Waals surface area (Å²) in [5, 5.41) is 2.85. The Balaban J connectivity index is 1.84. The average Bonchev–Trinajstić information content (AvgIpc) is 3.16. The van der Waals surface area contributed by atoms with Crippen LogP contribution >= 0.6 is 0 Å². The number of aromatic nitrogens is 1. The summed E-state index contributed by atoms with van der Waals surface area (Å²) in [6.07, 6.45) is 2.98. The van der Waals surface area contributed by atoms with Gasteiger partial charge in [0.15, 0.2) is 12.2 Å². The van der Waals surface area contributed by atoms with Crippen molar-refractivity contribution in [3.63, 3.8) is 0 Å². The number of anilines is 1. The number of rotatable bonds is 5. The Kier molecular flexibility index (Phi) is 4.47. The molecule has 6 nitrogen and oxygen atoms in total. The van der Waals surface area contributed by atoms with Crippen molar-refractivity contribution in [3.8, 4) is 22.8 Å². The van der Waals surface area contributed by atoms with Gasteiger partial charge < -0.3 is 19.2 Å². The van der Waals surface area contributed by atoms with E-state index in [1.54, 1.807) is 37.6 Å². The van der Waals surface area contributed by atoms with Crippen LogP contribution in [-0.4, -0.2) is 25.1 Å². The molecule has 0 unspecified atom stereocenters. The molecule has 0 saturated carbocycles. The lowest BCUT2D eigenvalue weighted by atomic mass is 10.1. The monoisotopic (exact) mass is 324 g/mol. The Morgan fingerprint density at radius 2 is 2.00 bits per heavy atom. The Bertz CT molecular complexity index is 844. The van der Waals surface area contributed by atoms with Crippen LogP contribution in [0.5, 0.6) is 11.5 Å². The van der Waals surface area contributed by atoms with E-state index in [0.717, 1.165) is 5.56 Å². The van der Waals surface area contributed by atoms with E-state index >= 15 is 0 Å². The second-order valence-corrected chi connectivity index (χ2v) is 4.97. The van der Waals surface area contributed by atoms with Gasteiger partial charge in [-0.2, -0.15) is 0 Å². The van der Waals surface area contributed by atoms with Gasteiger partial charge in [-0.15, -0.1) is 0 Å². The molecule has 1 aromatic heterocycles. The lowest BCUT2D eigenvalue weighted by molar-refractivity contribution is 0.102. The van der Waals surface area contributed by atoms with Crippen LogP contribution in [0.15, 0.2) is 59.5 Å². The van der Waals surface area contributed by atoms with Gasteiger partial charge in [-0.1, -0.05) is 12.1 Å². The third-order valence-electron chi connectivity index (χ3n) is 3.49. The van der Waals surface area contributed by atoms with Gasteiger partial charge in [0.1, 0.15) is 11.5 Å². The SMILES string of the molecule is COc1ccc(C(=O)Nc2cccc(-c3cnco3)c2)c(OC)c1. The number of ether oxygens (including phenoxy) is 2. The number of hydrogen-bond acceptors (Lipinski definition) is 5. The van der Waals surface area contributed by atoms with Crippen LogP contribution in [0.1, 0.15) is 10.4 Å². The van der Waals surface area contributed by atoms with E-state index in [1.807, 2.05) is 18.2 Å². The molecule has 3 aromatic rings. The predicted octanol–water partition coefficient (Wildman–Crippen LogP) is 3.61. The van der Waals surface area contributed by atoms with Gasteiger partial charge in [0.25, 0.3) is 5.91 Å². The summed E-state index contributed by atoms with van der Waals surface area (Å²) in [5.74, 6) is 1.42. The number of methoxy groups -OCH3 is 2. The van der Waals surface area contributed by atoms with Crippen LogP contribution < -0.4 is 14.8 Å². The van der Waals surface area contributed by atoms with Crippen LogP contribution in [0.4, 0.5) is 5.69 Å². The van der Waals surface area contributed by atoms with Gasteiger partial charge in [-0.05, 0) is 24.3 Å². The van der Waals surface area contributed by atoms with Gasteiger partial charge >= 0.3 is 0 Å². The average molecular weight is 324 g/mol. The molecule has 0 fully saturated rings. The molecular weight excluding hydrogens is 308 g/mol. The number of oxazole rings is 1. The molecule has 0 saturated heterocycles. The highest BCUT2D eigenvalue weighted by Gasteiger charge is 2.14. The fourth-order valence-electron chi connectivity index (χ4n) is 2.29. The summed E-state index contributed by atoms with van der Waals surface area (Å²) in [6, 6.07) is 12.4. The molecule has 122 valence electrons. The number of amides is 1. The molecule has 1 heterocycles.